The number of carbonyl (C=O) groups excluding carboxylic acids is 1. The Morgan fingerprint density at radius 1 is 1.54 bits per heavy atom. The molecule has 1 rings (SSSR count). The van der Waals surface area contributed by atoms with Crippen molar-refractivity contribution in [3.8, 4) is 0 Å². The predicted octanol–water partition coefficient (Wildman–Crippen LogP) is 0.304. The van der Waals surface area contributed by atoms with E-state index in [2.05, 4.69) is 20.9 Å². The highest BCUT2D eigenvalue weighted by Crippen LogP contribution is 2.15. The van der Waals surface area contributed by atoms with Crippen LogP contribution in [-0.2, 0) is 10.0 Å². The number of carbonyl (C=O) groups is 1. The summed E-state index contributed by atoms with van der Waals surface area (Å²) in [6.07, 6.45) is 1.57. The van der Waals surface area contributed by atoms with E-state index in [0.29, 0.717) is 6.29 Å². The molecule has 2 N–H and O–H groups in total. The van der Waals surface area contributed by atoms with Crippen LogP contribution in [-0.4, -0.2) is 19.7 Å². The lowest BCUT2D eigenvalue weighted by Gasteiger charge is -1.99. The molecule has 1 aromatic heterocycles. The first-order valence-corrected chi connectivity index (χ1v) is 5.42. The fourth-order valence-electron chi connectivity index (χ4n) is 0.683. The second kappa shape index (κ2) is 3.52. The maximum atomic E-state index is 10.8. The lowest BCUT2D eigenvalue weighted by molar-refractivity contribution is 0.112. The van der Waals surface area contributed by atoms with Crippen LogP contribution in [0.2, 0.25) is 0 Å². The summed E-state index contributed by atoms with van der Waals surface area (Å²) in [5.41, 5.74) is 0.145. The zero-order valence-corrected chi connectivity index (χ0v) is 8.67. The Kier molecular flexibility index (Phi) is 2.79. The van der Waals surface area contributed by atoms with Crippen molar-refractivity contribution in [3.63, 3.8) is 0 Å². The third-order valence-corrected chi connectivity index (χ3v) is 2.84. The van der Waals surface area contributed by atoms with Crippen molar-refractivity contribution < 1.29 is 13.2 Å². The summed E-state index contributed by atoms with van der Waals surface area (Å²) in [6, 6.07) is 1.15. The summed E-state index contributed by atoms with van der Waals surface area (Å²) < 4.78 is 21.9. The highest BCUT2D eigenvalue weighted by molar-refractivity contribution is 9.10. The van der Waals surface area contributed by atoms with Gasteiger partial charge in [0.05, 0.1) is 0 Å². The van der Waals surface area contributed by atoms with E-state index in [-0.39, 0.29) is 15.1 Å². The van der Waals surface area contributed by atoms with E-state index in [1.54, 1.807) is 0 Å². The number of primary sulfonamides is 1. The zero-order chi connectivity index (χ0) is 10.1. The van der Waals surface area contributed by atoms with Crippen molar-refractivity contribution in [2.24, 2.45) is 5.14 Å². The number of hydrogen-bond donors (Lipinski definition) is 1. The van der Waals surface area contributed by atoms with Gasteiger partial charge in [0.15, 0.2) is 6.29 Å². The minimum atomic E-state index is -3.79. The maximum Gasteiger partial charge on any atom is 0.239 e. The van der Waals surface area contributed by atoms with Gasteiger partial charge in [0, 0.05) is 11.8 Å². The van der Waals surface area contributed by atoms with Gasteiger partial charge in [-0.2, -0.15) is 0 Å². The quantitative estimate of drug-likeness (QED) is 0.615. The van der Waals surface area contributed by atoms with Crippen molar-refractivity contribution >= 4 is 32.2 Å². The first-order valence-electron chi connectivity index (χ1n) is 3.08. The van der Waals surface area contributed by atoms with Crippen LogP contribution in [0.15, 0.2) is 21.8 Å². The van der Waals surface area contributed by atoms with Crippen LogP contribution in [0.5, 0.6) is 0 Å². The molecule has 0 aliphatic rings. The Balaban J connectivity index is 3.38. The molecule has 1 heterocycles. The molecular formula is C6H5BrN2O3S. The summed E-state index contributed by atoms with van der Waals surface area (Å²) >= 11 is 2.98. The summed E-state index contributed by atoms with van der Waals surface area (Å²) in [5, 5.41) is 4.83. The van der Waals surface area contributed by atoms with Crippen LogP contribution in [0, 0.1) is 0 Å². The van der Waals surface area contributed by atoms with E-state index in [1.807, 2.05) is 0 Å². The van der Waals surface area contributed by atoms with Crippen LogP contribution in [0.4, 0.5) is 0 Å². The molecule has 5 nitrogen and oxygen atoms in total. The van der Waals surface area contributed by atoms with Gasteiger partial charge in [-0.1, -0.05) is 0 Å². The molecule has 0 atom stereocenters. The fourth-order valence-corrected chi connectivity index (χ4v) is 1.48. The van der Waals surface area contributed by atoms with Gasteiger partial charge < -0.3 is 0 Å². The maximum absolute atomic E-state index is 10.8. The average Bonchev–Trinajstić information content (AvgIpc) is 2.03. The van der Waals surface area contributed by atoms with Crippen LogP contribution in [0.1, 0.15) is 10.4 Å². The SMILES string of the molecule is NS(=O)(=O)c1cnc(Br)c(C=O)c1. The van der Waals surface area contributed by atoms with E-state index in [1.165, 1.54) is 0 Å². The minimum Gasteiger partial charge on any atom is -0.298 e. The highest BCUT2D eigenvalue weighted by Gasteiger charge is 2.10. The van der Waals surface area contributed by atoms with E-state index in [9.17, 15) is 13.2 Å². The van der Waals surface area contributed by atoms with Crippen molar-refractivity contribution in [3.05, 3.63) is 22.4 Å². The molecule has 0 amide bonds. The largest absolute Gasteiger partial charge is 0.298 e. The standard InChI is InChI=1S/C6H5BrN2O3S/c7-6-4(3-10)1-5(2-9-6)13(8,11)12/h1-3H,(H2,8,11,12). The molecule has 0 bridgehead atoms. The van der Waals surface area contributed by atoms with Gasteiger partial charge in [-0.05, 0) is 22.0 Å². The number of aldehydes is 1. The van der Waals surface area contributed by atoms with Crippen LogP contribution in [0.25, 0.3) is 0 Å². The smallest absolute Gasteiger partial charge is 0.239 e. The number of pyridine rings is 1. The number of nitrogens with zero attached hydrogens (tertiary/aromatic N) is 1. The van der Waals surface area contributed by atoms with E-state index in [4.69, 9.17) is 5.14 Å². The van der Waals surface area contributed by atoms with Gasteiger partial charge in [-0.3, -0.25) is 4.79 Å². The van der Waals surface area contributed by atoms with E-state index in [0.717, 1.165) is 12.3 Å². The number of aromatic nitrogens is 1. The molecule has 0 unspecified atom stereocenters. The molecule has 13 heavy (non-hydrogen) atoms. The molecule has 0 aromatic carbocycles. The van der Waals surface area contributed by atoms with Gasteiger partial charge in [0.2, 0.25) is 10.0 Å². The molecule has 0 saturated carbocycles. The molecule has 0 aliphatic heterocycles. The number of rotatable bonds is 2. The number of sulfonamides is 1. The Labute approximate surface area is 83.1 Å². The lowest BCUT2D eigenvalue weighted by Crippen LogP contribution is -2.13. The number of hydrogen-bond acceptors (Lipinski definition) is 4. The molecule has 1 aromatic rings. The Bertz CT molecular complexity index is 443. The van der Waals surface area contributed by atoms with Crippen molar-refractivity contribution in [2.45, 2.75) is 4.90 Å². The minimum absolute atomic E-state index is 0.145. The average molecular weight is 265 g/mol. The molecule has 0 saturated heterocycles. The molecule has 0 fully saturated rings. The van der Waals surface area contributed by atoms with Gasteiger partial charge in [0.25, 0.3) is 0 Å². The molecule has 0 spiro atoms. The van der Waals surface area contributed by atoms with E-state index < -0.39 is 10.0 Å². The Hall–Kier alpha value is -0.790. The fraction of sp³-hybridized carbons (Fsp3) is 0. The zero-order valence-electron chi connectivity index (χ0n) is 6.27. The highest BCUT2D eigenvalue weighted by atomic mass is 79.9. The van der Waals surface area contributed by atoms with Crippen molar-refractivity contribution in [1.29, 1.82) is 0 Å². The summed E-state index contributed by atoms with van der Waals surface area (Å²) in [6.45, 7) is 0. The van der Waals surface area contributed by atoms with Gasteiger partial charge in [-0.25, -0.2) is 18.5 Å². The summed E-state index contributed by atoms with van der Waals surface area (Å²) in [5.74, 6) is 0. The third-order valence-electron chi connectivity index (χ3n) is 1.30. The first kappa shape index (κ1) is 10.3. The van der Waals surface area contributed by atoms with Gasteiger partial charge in [0.1, 0.15) is 9.50 Å². The van der Waals surface area contributed by atoms with Crippen LogP contribution >= 0.6 is 15.9 Å². The van der Waals surface area contributed by atoms with Gasteiger partial charge in [-0.15, -0.1) is 0 Å². The van der Waals surface area contributed by atoms with Crippen molar-refractivity contribution in [2.75, 3.05) is 0 Å². The topological polar surface area (TPSA) is 90.1 Å². The molecular weight excluding hydrogens is 260 g/mol. The first-order chi connectivity index (χ1) is 5.95. The number of halogens is 1. The summed E-state index contributed by atoms with van der Waals surface area (Å²) in [7, 11) is -3.79. The van der Waals surface area contributed by atoms with Crippen LogP contribution < -0.4 is 5.14 Å². The van der Waals surface area contributed by atoms with E-state index >= 15 is 0 Å². The summed E-state index contributed by atoms with van der Waals surface area (Å²) in [4.78, 5) is 13.9. The second-order valence-electron chi connectivity index (χ2n) is 2.21. The molecule has 0 radical (unpaired) electrons. The lowest BCUT2D eigenvalue weighted by atomic mass is 10.3. The molecule has 7 heteroatoms. The monoisotopic (exact) mass is 264 g/mol. The van der Waals surface area contributed by atoms with Gasteiger partial charge >= 0.3 is 0 Å². The Morgan fingerprint density at radius 3 is 2.62 bits per heavy atom. The Morgan fingerprint density at radius 2 is 2.15 bits per heavy atom. The molecule has 0 aliphatic carbocycles. The second-order valence-corrected chi connectivity index (χ2v) is 4.53. The third kappa shape index (κ3) is 2.33. The van der Waals surface area contributed by atoms with Crippen molar-refractivity contribution in [1.82, 2.24) is 4.98 Å². The van der Waals surface area contributed by atoms with Crippen LogP contribution in [0.3, 0.4) is 0 Å². The predicted molar refractivity (Wildman–Crippen MR) is 48.7 cm³/mol. The number of nitrogens with two attached hydrogens (primary N) is 1. The molecule has 70 valence electrons. The normalized spacial score (nSPS) is 11.2.